The quantitative estimate of drug-likeness (QED) is 0.540. The molecule has 1 aromatic carbocycles. The zero-order valence-electron chi connectivity index (χ0n) is 7.16. The molecule has 3 heteroatoms. The Bertz CT molecular complexity index is 493. The van der Waals surface area contributed by atoms with Gasteiger partial charge in [0.1, 0.15) is 5.82 Å². The number of aromatic nitrogens is 1. The first-order valence-corrected chi connectivity index (χ1v) is 4.38. The molecule has 0 aliphatic carbocycles. The fraction of sp³-hybridized carbons (Fsp3) is 0.100. The molecule has 0 saturated heterocycles. The molecule has 0 atom stereocenters. The van der Waals surface area contributed by atoms with E-state index < -0.39 is 0 Å². The van der Waals surface area contributed by atoms with Crippen LogP contribution in [0, 0.1) is 6.92 Å². The van der Waals surface area contributed by atoms with Crippen molar-refractivity contribution in [3.05, 3.63) is 29.8 Å². The highest BCUT2D eigenvalue weighted by Gasteiger charge is 2.00. The molecule has 0 saturated carbocycles. The molecule has 13 heavy (non-hydrogen) atoms. The number of rotatable bonds is 1. The molecule has 2 nitrogen and oxygen atoms in total. The average molecular weight is 188 g/mol. The summed E-state index contributed by atoms with van der Waals surface area (Å²) in [5, 5.41) is 3.50. The summed E-state index contributed by atoms with van der Waals surface area (Å²) in [5.74, 6) is 0.763. The Morgan fingerprint density at radius 2 is 2.31 bits per heavy atom. The summed E-state index contributed by atoms with van der Waals surface area (Å²) in [4.78, 5) is 7.06. The van der Waals surface area contributed by atoms with Crippen LogP contribution >= 0.6 is 12.2 Å². The number of thiocarbonyl (C=S) groups is 1. The summed E-state index contributed by atoms with van der Waals surface area (Å²) in [6, 6.07) is 8.09. The van der Waals surface area contributed by atoms with E-state index in [4.69, 9.17) is 0 Å². The number of hydrogen-bond donors (Lipinski definition) is 1. The summed E-state index contributed by atoms with van der Waals surface area (Å²) in [6.07, 6.45) is 0. The van der Waals surface area contributed by atoms with Gasteiger partial charge in [-0.05, 0) is 30.8 Å². The van der Waals surface area contributed by atoms with Crippen LogP contribution in [0.2, 0.25) is 0 Å². The summed E-state index contributed by atoms with van der Waals surface area (Å²) in [7, 11) is 0. The number of para-hydroxylation sites is 1. The van der Waals surface area contributed by atoms with Crippen molar-refractivity contribution in [3.63, 3.8) is 0 Å². The molecular weight excluding hydrogens is 180 g/mol. The van der Waals surface area contributed by atoms with E-state index in [0.29, 0.717) is 0 Å². The second kappa shape index (κ2) is 3.13. The number of isothiocyanates is 1. The Hall–Kier alpha value is -1.44. The van der Waals surface area contributed by atoms with E-state index in [-0.39, 0.29) is 0 Å². The molecular formula is C10H8N2S. The highest BCUT2D eigenvalue weighted by atomic mass is 32.1. The average Bonchev–Trinajstić information content (AvgIpc) is 2.49. The monoisotopic (exact) mass is 188 g/mol. The second-order valence-corrected chi connectivity index (χ2v) is 3.08. The fourth-order valence-electron chi connectivity index (χ4n) is 1.40. The van der Waals surface area contributed by atoms with E-state index in [9.17, 15) is 0 Å². The van der Waals surface area contributed by atoms with Crippen LogP contribution < -0.4 is 0 Å². The van der Waals surface area contributed by atoms with Gasteiger partial charge in [-0.1, -0.05) is 18.2 Å². The molecule has 0 aliphatic rings. The van der Waals surface area contributed by atoms with Crippen molar-refractivity contribution >= 4 is 34.1 Å². The van der Waals surface area contributed by atoms with Crippen LogP contribution in [-0.2, 0) is 0 Å². The molecule has 2 aromatic rings. The van der Waals surface area contributed by atoms with Gasteiger partial charge < -0.3 is 4.98 Å². The molecule has 0 aliphatic heterocycles. The van der Waals surface area contributed by atoms with E-state index in [1.165, 1.54) is 5.56 Å². The van der Waals surface area contributed by atoms with Crippen LogP contribution in [0.5, 0.6) is 0 Å². The van der Waals surface area contributed by atoms with Gasteiger partial charge in [0.05, 0.1) is 10.7 Å². The number of benzene rings is 1. The molecule has 0 fully saturated rings. The van der Waals surface area contributed by atoms with Crippen molar-refractivity contribution in [3.8, 4) is 0 Å². The number of aryl methyl sites for hydroxylation is 1. The van der Waals surface area contributed by atoms with E-state index in [1.54, 1.807) is 0 Å². The van der Waals surface area contributed by atoms with Gasteiger partial charge in [0.25, 0.3) is 0 Å². The summed E-state index contributed by atoms with van der Waals surface area (Å²) >= 11 is 4.53. The van der Waals surface area contributed by atoms with Crippen molar-refractivity contribution in [1.82, 2.24) is 4.98 Å². The number of aliphatic imine (C=N–C) groups is 1. The molecule has 1 heterocycles. The lowest BCUT2D eigenvalue weighted by Crippen LogP contribution is -1.73. The van der Waals surface area contributed by atoms with Gasteiger partial charge in [0.15, 0.2) is 0 Å². The SMILES string of the molecule is Cc1cccc2cc(N=C=S)[nH]c12. The number of hydrogen-bond acceptors (Lipinski definition) is 2. The molecule has 0 spiro atoms. The van der Waals surface area contributed by atoms with Gasteiger partial charge in [0, 0.05) is 5.39 Å². The normalized spacial score (nSPS) is 9.92. The maximum absolute atomic E-state index is 4.53. The van der Waals surface area contributed by atoms with Gasteiger partial charge in [-0.25, -0.2) is 0 Å². The zero-order valence-corrected chi connectivity index (χ0v) is 7.98. The van der Waals surface area contributed by atoms with E-state index in [1.807, 2.05) is 18.2 Å². The molecule has 1 aromatic heterocycles. The Labute approximate surface area is 81.3 Å². The molecule has 0 radical (unpaired) electrons. The largest absolute Gasteiger partial charge is 0.339 e. The maximum atomic E-state index is 4.53. The fourth-order valence-corrected chi connectivity index (χ4v) is 1.50. The maximum Gasteiger partial charge on any atom is 0.141 e. The van der Waals surface area contributed by atoms with Crippen molar-refractivity contribution in [2.75, 3.05) is 0 Å². The zero-order chi connectivity index (χ0) is 9.26. The van der Waals surface area contributed by atoms with Crippen LogP contribution in [0.1, 0.15) is 5.56 Å². The van der Waals surface area contributed by atoms with Crippen molar-refractivity contribution in [2.45, 2.75) is 6.92 Å². The van der Waals surface area contributed by atoms with E-state index in [2.05, 4.69) is 40.3 Å². The predicted molar refractivity (Wildman–Crippen MR) is 57.7 cm³/mol. The molecule has 0 bridgehead atoms. The Balaban J connectivity index is 2.75. The van der Waals surface area contributed by atoms with Crippen molar-refractivity contribution < 1.29 is 0 Å². The van der Waals surface area contributed by atoms with Crippen LogP contribution in [0.3, 0.4) is 0 Å². The topological polar surface area (TPSA) is 28.1 Å². The van der Waals surface area contributed by atoms with Crippen molar-refractivity contribution in [2.24, 2.45) is 4.99 Å². The first-order chi connectivity index (χ1) is 6.31. The summed E-state index contributed by atoms with van der Waals surface area (Å²) < 4.78 is 0. The van der Waals surface area contributed by atoms with Crippen molar-refractivity contribution in [1.29, 1.82) is 0 Å². The minimum atomic E-state index is 0.763. The lowest BCUT2D eigenvalue weighted by atomic mass is 10.2. The van der Waals surface area contributed by atoms with Gasteiger partial charge >= 0.3 is 0 Å². The number of aromatic amines is 1. The third-order valence-corrected chi connectivity index (χ3v) is 2.11. The molecule has 1 N–H and O–H groups in total. The minimum Gasteiger partial charge on any atom is -0.339 e. The first-order valence-electron chi connectivity index (χ1n) is 3.97. The van der Waals surface area contributed by atoms with Gasteiger partial charge in [0.2, 0.25) is 0 Å². The Morgan fingerprint density at radius 1 is 1.46 bits per heavy atom. The first kappa shape index (κ1) is 8.17. The minimum absolute atomic E-state index is 0.763. The number of fused-ring (bicyclic) bond motifs is 1. The Morgan fingerprint density at radius 3 is 3.00 bits per heavy atom. The van der Waals surface area contributed by atoms with E-state index in [0.717, 1.165) is 16.7 Å². The highest BCUT2D eigenvalue weighted by molar-refractivity contribution is 7.78. The van der Waals surface area contributed by atoms with Crippen LogP contribution in [-0.4, -0.2) is 10.1 Å². The summed E-state index contributed by atoms with van der Waals surface area (Å²) in [5.41, 5.74) is 2.33. The number of H-pyrrole nitrogens is 1. The van der Waals surface area contributed by atoms with Crippen LogP contribution in [0.15, 0.2) is 29.3 Å². The van der Waals surface area contributed by atoms with Crippen LogP contribution in [0.4, 0.5) is 5.82 Å². The predicted octanol–water partition coefficient (Wildman–Crippen LogP) is 3.21. The smallest absolute Gasteiger partial charge is 0.141 e. The lowest BCUT2D eigenvalue weighted by Gasteiger charge is -1.92. The number of nitrogens with one attached hydrogen (secondary N) is 1. The second-order valence-electron chi connectivity index (χ2n) is 2.90. The van der Waals surface area contributed by atoms with Gasteiger partial charge in [-0.15, -0.1) is 0 Å². The van der Waals surface area contributed by atoms with Gasteiger partial charge in [-0.2, -0.15) is 4.99 Å². The molecule has 0 unspecified atom stereocenters. The van der Waals surface area contributed by atoms with Gasteiger partial charge in [-0.3, -0.25) is 0 Å². The molecule has 0 amide bonds. The molecule has 64 valence electrons. The van der Waals surface area contributed by atoms with E-state index >= 15 is 0 Å². The standard InChI is InChI=1S/C10H8N2S/c1-7-3-2-4-8-5-9(11-6-13)12-10(7)8/h2-5,12H,1H3. The lowest BCUT2D eigenvalue weighted by molar-refractivity contribution is 1.37. The highest BCUT2D eigenvalue weighted by Crippen LogP contribution is 2.22. The number of nitrogens with zero attached hydrogens (tertiary/aromatic N) is 1. The Kier molecular flexibility index (Phi) is 1.97. The molecule has 2 rings (SSSR count). The third-order valence-electron chi connectivity index (χ3n) is 2.02. The van der Waals surface area contributed by atoms with Crippen LogP contribution in [0.25, 0.3) is 10.9 Å². The third kappa shape index (κ3) is 1.39. The summed E-state index contributed by atoms with van der Waals surface area (Å²) in [6.45, 7) is 2.06.